The molecule has 21 heavy (non-hydrogen) atoms. The van der Waals surface area contributed by atoms with Crippen LogP contribution in [-0.4, -0.2) is 74.6 Å². The van der Waals surface area contributed by atoms with Gasteiger partial charge in [0.1, 0.15) is 6.04 Å². The van der Waals surface area contributed by atoms with Crippen LogP contribution in [0.2, 0.25) is 0 Å². The Morgan fingerprint density at radius 3 is 2.29 bits per heavy atom. The summed E-state index contributed by atoms with van der Waals surface area (Å²) in [6.07, 6.45) is 1.89. The molecule has 1 rings (SSSR count). The molecule has 0 spiro atoms. The molecule has 0 bridgehead atoms. The number of nitrogens with one attached hydrogen (secondary N) is 1. The van der Waals surface area contributed by atoms with Gasteiger partial charge in [0.25, 0.3) is 0 Å². The number of piperidine rings is 1. The number of carbonyl (C=O) groups is 2. The van der Waals surface area contributed by atoms with Crippen LogP contribution in [-0.2, 0) is 14.3 Å². The summed E-state index contributed by atoms with van der Waals surface area (Å²) < 4.78 is 4.85. The van der Waals surface area contributed by atoms with E-state index in [9.17, 15) is 9.59 Å². The number of hydrogen-bond donors (Lipinski definition) is 1. The highest BCUT2D eigenvalue weighted by Crippen LogP contribution is 2.14. The zero-order valence-corrected chi connectivity index (χ0v) is 13.9. The zero-order chi connectivity index (χ0) is 16.0. The number of hydrogen-bond acceptors (Lipinski definition) is 5. The van der Waals surface area contributed by atoms with Gasteiger partial charge in [-0.15, -0.1) is 0 Å². The Balaban J connectivity index is 2.42. The first-order chi connectivity index (χ1) is 9.85. The number of nitrogens with zero attached hydrogens (tertiary/aromatic N) is 2. The maximum atomic E-state index is 11.8. The minimum Gasteiger partial charge on any atom is -0.468 e. The summed E-state index contributed by atoms with van der Waals surface area (Å²) in [6, 6.07) is 0.0529. The number of likely N-dealkylation sites (tertiary alicyclic amines) is 1. The topological polar surface area (TPSA) is 61.9 Å². The van der Waals surface area contributed by atoms with Crippen molar-refractivity contribution in [1.29, 1.82) is 0 Å². The summed E-state index contributed by atoms with van der Waals surface area (Å²) in [5.41, 5.74) is 0. The van der Waals surface area contributed by atoms with Crippen molar-refractivity contribution in [3.63, 3.8) is 0 Å². The SMILES string of the molecule is COC(=O)[C@@H](NC1CCN(CC(=O)N(C)C)CC1)C(C)C. The molecule has 1 amide bonds. The maximum absolute atomic E-state index is 11.8. The summed E-state index contributed by atoms with van der Waals surface area (Å²) >= 11 is 0. The van der Waals surface area contributed by atoms with Gasteiger partial charge >= 0.3 is 5.97 Å². The second-order valence-electron chi connectivity index (χ2n) is 6.25. The van der Waals surface area contributed by atoms with Gasteiger partial charge in [0, 0.05) is 33.2 Å². The molecule has 1 fully saturated rings. The Hall–Kier alpha value is -1.14. The van der Waals surface area contributed by atoms with Crippen molar-refractivity contribution >= 4 is 11.9 Å². The lowest BCUT2D eigenvalue weighted by Gasteiger charge is -2.34. The number of likely N-dealkylation sites (N-methyl/N-ethyl adjacent to an activating group) is 1. The fourth-order valence-corrected chi connectivity index (χ4v) is 2.50. The molecular weight excluding hydrogens is 270 g/mol. The molecule has 1 N–H and O–H groups in total. The Morgan fingerprint density at radius 1 is 1.29 bits per heavy atom. The Kier molecular flexibility index (Phi) is 7.11. The Labute approximate surface area is 127 Å². The number of methoxy groups -OCH3 is 1. The molecular formula is C15H29N3O3. The van der Waals surface area contributed by atoms with Crippen molar-refractivity contribution in [3.8, 4) is 0 Å². The summed E-state index contributed by atoms with van der Waals surface area (Å²) in [4.78, 5) is 27.3. The van der Waals surface area contributed by atoms with Crippen molar-refractivity contribution in [2.24, 2.45) is 5.92 Å². The number of ether oxygens (including phenoxy) is 1. The lowest BCUT2D eigenvalue weighted by atomic mass is 9.99. The fourth-order valence-electron chi connectivity index (χ4n) is 2.50. The lowest BCUT2D eigenvalue weighted by molar-refractivity contribution is -0.144. The molecule has 1 heterocycles. The number of carbonyl (C=O) groups excluding carboxylic acids is 2. The molecule has 0 saturated carbocycles. The predicted molar refractivity (Wildman–Crippen MR) is 81.9 cm³/mol. The molecule has 0 radical (unpaired) electrons. The van der Waals surface area contributed by atoms with Crippen LogP contribution in [0.15, 0.2) is 0 Å². The van der Waals surface area contributed by atoms with E-state index in [0.717, 1.165) is 25.9 Å². The van der Waals surface area contributed by atoms with E-state index in [4.69, 9.17) is 4.74 Å². The standard InChI is InChI=1S/C15H29N3O3/c1-11(2)14(15(20)21-5)16-12-6-8-18(9-7-12)10-13(19)17(3)4/h11-12,14,16H,6-10H2,1-5H3/t14-/m0/s1. The second kappa shape index (κ2) is 8.34. The van der Waals surface area contributed by atoms with Crippen LogP contribution >= 0.6 is 0 Å². The molecule has 0 unspecified atom stereocenters. The molecule has 1 saturated heterocycles. The highest BCUT2D eigenvalue weighted by Gasteiger charge is 2.28. The third-order valence-corrected chi connectivity index (χ3v) is 3.98. The molecule has 1 aliphatic heterocycles. The largest absolute Gasteiger partial charge is 0.468 e. The summed E-state index contributed by atoms with van der Waals surface area (Å²) in [5, 5.41) is 3.41. The first kappa shape index (κ1) is 17.9. The van der Waals surface area contributed by atoms with Gasteiger partial charge in [0.05, 0.1) is 13.7 Å². The van der Waals surface area contributed by atoms with Gasteiger partial charge in [-0.3, -0.25) is 14.5 Å². The van der Waals surface area contributed by atoms with E-state index in [1.165, 1.54) is 7.11 Å². The minimum absolute atomic E-state index is 0.135. The molecule has 6 heteroatoms. The zero-order valence-electron chi connectivity index (χ0n) is 13.9. The average Bonchev–Trinajstić information content (AvgIpc) is 2.45. The third kappa shape index (κ3) is 5.63. The first-order valence-corrected chi connectivity index (χ1v) is 7.61. The highest BCUT2D eigenvalue weighted by atomic mass is 16.5. The molecule has 1 atom stereocenters. The number of amides is 1. The molecule has 0 aliphatic carbocycles. The predicted octanol–water partition coefficient (Wildman–Crippen LogP) is 0.326. The second-order valence-corrected chi connectivity index (χ2v) is 6.25. The van der Waals surface area contributed by atoms with Crippen LogP contribution in [0.3, 0.4) is 0 Å². The monoisotopic (exact) mass is 299 g/mol. The quantitative estimate of drug-likeness (QED) is 0.716. The van der Waals surface area contributed by atoms with Gasteiger partial charge in [-0.25, -0.2) is 0 Å². The summed E-state index contributed by atoms with van der Waals surface area (Å²) in [6.45, 7) is 6.26. The fraction of sp³-hybridized carbons (Fsp3) is 0.867. The summed E-state index contributed by atoms with van der Waals surface area (Å²) in [7, 11) is 4.98. The molecule has 1 aliphatic rings. The van der Waals surface area contributed by atoms with E-state index in [-0.39, 0.29) is 23.8 Å². The number of rotatable bonds is 6. The maximum Gasteiger partial charge on any atom is 0.323 e. The minimum atomic E-state index is -0.255. The first-order valence-electron chi connectivity index (χ1n) is 7.61. The van der Waals surface area contributed by atoms with Gasteiger partial charge in [-0.2, -0.15) is 0 Å². The van der Waals surface area contributed by atoms with Crippen molar-refractivity contribution in [1.82, 2.24) is 15.1 Å². The van der Waals surface area contributed by atoms with Crippen LogP contribution in [0.25, 0.3) is 0 Å². The smallest absolute Gasteiger partial charge is 0.323 e. The molecule has 6 nitrogen and oxygen atoms in total. The Morgan fingerprint density at radius 2 is 1.86 bits per heavy atom. The van der Waals surface area contributed by atoms with Gasteiger partial charge in [0.2, 0.25) is 5.91 Å². The van der Waals surface area contributed by atoms with Crippen LogP contribution in [0.1, 0.15) is 26.7 Å². The van der Waals surface area contributed by atoms with Crippen molar-refractivity contribution < 1.29 is 14.3 Å². The molecule has 122 valence electrons. The van der Waals surface area contributed by atoms with Crippen molar-refractivity contribution in [3.05, 3.63) is 0 Å². The van der Waals surface area contributed by atoms with Crippen LogP contribution in [0, 0.1) is 5.92 Å². The normalized spacial score (nSPS) is 18.6. The van der Waals surface area contributed by atoms with E-state index in [2.05, 4.69) is 10.2 Å². The van der Waals surface area contributed by atoms with Gasteiger partial charge in [-0.05, 0) is 18.8 Å². The molecule has 0 aromatic rings. The highest BCUT2D eigenvalue weighted by molar-refractivity contribution is 5.77. The lowest BCUT2D eigenvalue weighted by Crippen LogP contribution is -2.52. The Bertz CT molecular complexity index is 350. The van der Waals surface area contributed by atoms with Crippen LogP contribution in [0.4, 0.5) is 0 Å². The van der Waals surface area contributed by atoms with Crippen LogP contribution in [0.5, 0.6) is 0 Å². The molecule has 0 aromatic heterocycles. The van der Waals surface area contributed by atoms with Crippen molar-refractivity contribution in [2.45, 2.75) is 38.8 Å². The molecule has 0 aromatic carbocycles. The van der Waals surface area contributed by atoms with Crippen molar-refractivity contribution in [2.75, 3.05) is 40.8 Å². The van der Waals surface area contributed by atoms with Gasteiger partial charge < -0.3 is 15.0 Å². The van der Waals surface area contributed by atoms with E-state index in [1.807, 2.05) is 13.8 Å². The third-order valence-electron chi connectivity index (χ3n) is 3.98. The van der Waals surface area contributed by atoms with E-state index < -0.39 is 0 Å². The number of esters is 1. The van der Waals surface area contributed by atoms with E-state index in [0.29, 0.717) is 12.6 Å². The van der Waals surface area contributed by atoms with Gasteiger partial charge in [0.15, 0.2) is 0 Å². The van der Waals surface area contributed by atoms with E-state index >= 15 is 0 Å². The van der Waals surface area contributed by atoms with E-state index in [1.54, 1.807) is 19.0 Å². The van der Waals surface area contributed by atoms with Crippen LogP contribution < -0.4 is 5.32 Å². The summed E-state index contributed by atoms with van der Waals surface area (Å²) in [5.74, 6) is 0.136. The van der Waals surface area contributed by atoms with Gasteiger partial charge in [-0.1, -0.05) is 13.8 Å². The average molecular weight is 299 g/mol.